The Kier molecular flexibility index (Phi) is 3.42. The lowest BCUT2D eigenvalue weighted by molar-refractivity contribution is 0.284. The van der Waals surface area contributed by atoms with Crippen LogP contribution in [-0.2, 0) is 0 Å². The van der Waals surface area contributed by atoms with Crippen molar-refractivity contribution in [2.24, 2.45) is 11.8 Å². The molecule has 4 N–H and O–H groups in total. The molecular formula is C11H16F2N4. The molecule has 0 amide bonds. The second-order valence-electron chi connectivity index (χ2n) is 4.42. The molecule has 1 fully saturated rings. The van der Waals surface area contributed by atoms with Crippen LogP contribution in [0.15, 0.2) is 6.07 Å². The summed E-state index contributed by atoms with van der Waals surface area (Å²) in [4.78, 5) is 3.77. The van der Waals surface area contributed by atoms with Gasteiger partial charge in [0.25, 0.3) is 0 Å². The van der Waals surface area contributed by atoms with Gasteiger partial charge in [-0.05, 0) is 25.7 Å². The monoisotopic (exact) mass is 242 g/mol. The molecule has 0 radical (unpaired) electrons. The van der Waals surface area contributed by atoms with Crippen LogP contribution in [-0.4, -0.2) is 11.0 Å². The molecule has 1 aromatic heterocycles. The highest BCUT2D eigenvalue weighted by Crippen LogP contribution is 2.31. The molecule has 1 aliphatic carbocycles. The molecular weight excluding hydrogens is 226 g/mol. The lowest BCUT2D eigenvalue weighted by Gasteiger charge is -2.32. The minimum absolute atomic E-state index is 0.0405. The average Bonchev–Trinajstić information content (AvgIpc) is 2.19. The number of nitrogens with one attached hydrogen (secondary N) is 2. The van der Waals surface area contributed by atoms with Crippen molar-refractivity contribution in [1.82, 2.24) is 4.98 Å². The fourth-order valence-corrected chi connectivity index (χ4v) is 1.94. The van der Waals surface area contributed by atoms with Crippen molar-refractivity contribution in [2.75, 3.05) is 10.7 Å². The topological polar surface area (TPSA) is 63.0 Å². The predicted molar refractivity (Wildman–Crippen MR) is 62.4 cm³/mol. The predicted octanol–water partition coefficient (Wildman–Crippen LogP) is 2.25. The summed E-state index contributed by atoms with van der Waals surface area (Å²) in [5.74, 6) is 4.01. The summed E-state index contributed by atoms with van der Waals surface area (Å²) < 4.78 is 26.6. The third-order valence-corrected chi connectivity index (χ3v) is 3.29. The van der Waals surface area contributed by atoms with Crippen molar-refractivity contribution in [3.63, 3.8) is 0 Å². The first-order chi connectivity index (χ1) is 8.11. The van der Waals surface area contributed by atoms with Crippen LogP contribution in [0.4, 0.5) is 20.4 Å². The van der Waals surface area contributed by atoms with Gasteiger partial charge in [0.2, 0.25) is 0 Å². The van der Waals surface area contributed by atoms with Gasteiger partial charge in [0.15, 0.2) is 23.3 Å². The number of hydrogen-bond donors (Lipinski definition) is 3. The summed E-state index contributed by atoms with van der Waals surface area (Å²) in [6.07, 6.45) is 3.49. The second-order valence-corrected chi connectivity index (χ2v) is 4.42. The average molecular weight is 242 g/mol. The number of nitrogens with two attached hydrogens (primary N) is 1. The molecule has 0 saturated heterocycles. The Hall–Kier alpha value is -1.43. The molecule has 1 aliphatic rings. The van der Waals surface area contributed by atoms with Gasteiger partial charge in [-0.2, -0.15) is 0 Å². The highest BCUT2D eigenvalue weighted by atomic mass is 19.1. The van der Waals surface area contributed by atoms with Gasteiger partial charge in [-0.1, -0.05) is 6.42 Å². The minimum Gasteiger partial charge on any atom is -0.365 e. The molecule has 1 saturated carbocycles. The van der Waals surface area contributed by atoms with Crippen LogP contribution < -0.4 is 16.6 Å². The fraction of sp³-hybridized carbons (Fsp3) is 0.545. The number of aromatic nitrogens is 1. The van der Waals surface area contributed by atoms with E-state index < -0.39 is 11.6 Å². The quantitative estimate of drug-likeness (QED) is 0.559. The molecule has 1 heterocycles. The fourth-order valence-electron chi connectivity index (χ4n) is 1.94. The summed E-state index contributed by atoms with van der Waals surface area (Å²) in [5.41, 5.74) is 2.10. The summed E-state index contributed by atoms with van der Waals surface area (Å²) >= 11 is 0. The summed E-state index contributed by atoms with van der Waals surface area (Å²) in [7, 11) is 0. The zero-order valence-electron chi connectivity index (χ0n) is 9.63. The molecule has 1 unspecified atom stereocenters. The number of hydrogen-bond acceptors (Lipinski definition) is 4. The van der Waals surface area contributed by atoms with Crippen LogP contribution in [0.1, 0.15) is 26.2 Å². The number of pyridine rings is 1. The molecule has 0 aliphatic heterocycles. The molecule has 4 nitrogen and oxygen atoms in total. The lowest BCUT2D eigenvalue weighted by Crippen LogP contribution is -2.31. The standard InChI is InChI=1S/C11H16F2N4/c1-6(7-3-2-4-7)15-10-8(12)5-9(13)11(16-10)17-14/h5-7H,2-4,14H2,1H3,(H2,15,16,17). The largest absolute Gasteiger partial charge is 0.365 e. The Bertz CT molecular complexity index is 407. The third kappa shape index (κ3) is 2.46. The van der Waals surface area contributed by atoms with Crippen LogP contribution in [0.5, 0.6) is 0 Å². The summed E-state index contributed by atoms with van der Waals surface area (Å²) in [5, 5.41) is 2.97. The van der Waals surface area contributed by atoms with E-state index in [1.54, 1.807) is 0 Å². The van der Waals surface area contributed by atoms with Crippen LogP contribution in [0.3, 0.4) is 0 Å². The van der Waals surface area contributed by atoms with Gasteiger partial charge in [0.05, 0.1) is 0 Å². The molecule has 1 atom stereocenters. The SMILES string of the molecule is CC(Nc1nc(NN)c(F)cc1F)C1CCC1. The van der Waals surface area contributed by atoms with E-state index in [0.717, 1.165) is 18.9 Å². The maximum atomic E-state index is 13.5. The zero-order valence-corrected chi connectivity index (χ0v) is 9.63. The van der Waals surface area contributed by atoms with Gasteiger partial charge in [0, 0.05) is 12.1 Å². The number of nitrogens with zero attached hydrogens (tertiary/aromatic N) is 1. The Morgan fingerprint density at radius 3 is 2.53 bits per heavy atom. The second kappa shape index (κ2) is 4.83. The van der Waals surface area contributed by atoms with Crippen molar-refractivity contribution in [1.29, 1.82) is 0 Å². The molecule has 0 bridgehead atoms. The van der Waals surface area contributed by atoms with Crippen molar-refractivity contribution in [3.05, 3.63) is 17.7 Å². The van der Waals surface area contributed by atoms with Crippen LogP contribution in [0.25, 0.3) is 0 Å². The number of nitrogen functional groups attached to an aromatic ring is 1. The van der Waals surface area contributed by atoms with Gasteiger partial charge in [-0.25, -0.2) is 19.6 Å². The van der Waals surface area contributed by atoms with Gasteiger partial charge in [-0.3, -0.25) is 0 Å². The summed E-state index contributed by atoms with van der Waals surface area (Å²) in [6.45, 7) is 1.98. The van der Waals surface area contributed by atoms with E-state index in [2.05, 4.69) is 15.7 Å². The van der Waals surface area contributed by atoms with E-state index in [-0.39, 0.29) is 17.7 Å². The minimum atomic E-state index is -0.799. The molecule has 1 aromatic rings. The smallest absolute Gasteiger partial charge is 0.178 e. The maximum absolute atomic E-state index is 13.5. The lowest BCUT2D eigenvalue weighted by atomic mass is 9.80. The van der Waals surface area contributed by atoms with Crippen molar-refractivity contribution in [3.8, 4) is 0 Å². The van der Waals surface area contributed by atoms with Crippen molar-refractivity contribution < 1.29 is 8.78 Å². The number of hydrazine groups is 1. The number of halogens is 2. The van der Waals surface area contributed by atoms with Crippen LogP contribution in [0, 0.1) is 17.6 Å². The molecule has 0 spiro atoms. The molecule has 0 aromatic carbocycles. The van der Waals surface area contributed by atoms with E-state index in [1.165, 1.54) is 6.42 Å². The number of rotatable bonds is 4. The van der Waals surface area contributed by atoms with E-state index in [1.807, 2.05) is 6.92 Å². The third-order valence-electron chi connectivity index (χ3n) is 3.29. The normalized spacial score (nSPS) is 17.4. The first-order valence-electron chi connectivity index (χ1n) is 5.71. The molecule has 2 rings (SSSR count). The first kappa shape index (κ1) is 12.0. The first-order valence-corrected chi connectivity index (χ1v) is 5.71. The van der Waals surface area contributed by atoms with E-state index in [9.17, 15) is 8.78 Å². The Morgan fingerprint density at radius 1 is 1.35 bits per heavy atom. The number of anilines is 2. The summed E-state index contributed by atoms with van der Waals surface area (Å²) in [6, 6.07) is 0.903. The Morgan fingerprint density at radius 2 is 2.00 bits per heavy atom. The Balaban J connectivity index is 2.13. The zero-order chi connectivity index (χ0) is 12.4. The van der Waals surface area contributed by atoms with Crippen molar-refractivity contribution in [2.45, 2.75) is 32.2 Å². The van der Waals surface area contributed by atoms with Crippen LogP contribution >= 0.6 is 0 Å². The molecule has 17 heavy (non-hydrogen) atoms. The van der Waals surface area contributed by atoms with Gasteiger partial charge < -0.3 is 10.7 Å². The van der Waals surface area contributed by atoms with Gasteiger partial charge in [-0.15, -0.1) is 0 Å². The van der Waals surface area contributed by atoms with Crippen molar-refractivity contribution >= 4 is 11.6 Å². The Labute approximate surface area is 98.6 Å². The van der Waals surface area contributed by atoms with E-state index in [4.69, 9.17) is 5.84 Å². The highest BCUT2D eigenvalue weighted by molar-refractivity contribution is 5.47. The maximum Gasteiger partial charge on any atom is 0.178 e. The van der Waals surface area contributed by atoms with E-state index in [0.29, 0.717) is 5.92 Å². The molecule has 94 valence electrons. The highest BCUT2D eigenvalue weighted by Gasteiger charge is 2.25. The van der Waals surface area contributed by atoms with Gasteiger partial charge >= 0.3 is 0 Å². The van der Waals surface area contributed by atoms with Crippen LogP contribution in [0.2, 0.25) is 0 Å². The molecule has 6 heteroatoms. The van der Waals surface area contributed by atoms with Gasteiger partial charge in [0.1, 0.15) is 0 Å². The van der Waals surface area contributed by atoms with E-state index >= 15 is 0 Å².